The second-order valence-electron chi connectivity index (χ2n) is 3.53. The van der Waals surface area contributed by atoms with E-state index in [4.69, 9.17) is 0 Å². The van der Waals surface area contributed by atoms with Gasteiger partial charge in [0.1, 0.15) is 0 Å². The SMILES string of the molecule is Cc1cc(C(C)C)cn(C)c1=O. The van der Waals surface area contributed by atoms with Crippen molar-refractivity contribution < 1.29 is 0 Å². The topological polar surface area (TPSA) is 22.0 Å². The van der Waals surface area contributed by atoms with Crippen LogP contribution in [-0.2, 0) is 7.05 Å². The molecule has 0 unspecified atom stereocenters. The third-order valence-corrected chi connectivity index (χ3v) is 2.05. The van der Waals surface area contributed by atoms with Crippen LogP contribution in [0.1, 0.15) is 30.9 Å². The van der Waals surface area contributed by atoms with E-state index in [0.29, 0.717) is 5.92 Å². The van der Waals surface area contributed by atoms with Crippen LogP contribution < -0.4 is 5.56 Å². The molecule has 0 bridgehead atoms. The van der Waals surface area contributed by atoms with Gasteiger partial charge < -0.3 is 4.57 Å². The Balaban J connectivity index is 3.31. The van der Waals surface area contributed by atoms with Crippen molar-refractivity contribution in [3.63, 3.8) is 0 Å². The third kappa shape index (κ3) is 1.58. The molecule has 2 heteroatoms. The van der Waals surface area contributed by atoms with Crippen molar-refractivity contribution in [1.82, 2.24) is 4.57 Å². The van der Waals surface area contributed by atoms with E-state index in [1.807, 2.05) is 19.2 Å². The molecule has 66 valence electrons. The molecular formula is C10H15NO. The van der Waals surface area contributed by atoms with Crippen LogP contribution in [0.25, 0.3) is 0 Å². The second-order valence-corrected chi connectivity index (χ2v) is 3.53. The summed E-state index contributed by atoms with van der Waals surface area (Å²) in [4.78, 5) is 11.3. The molecule has 1 heterocycles. The van der Waals surface area contributed by atoms with Gasteiger partial charge in [0.2, 0.25) is 0 Å². The Morgan fingerprint density at radius 1 is 1.42 bits per heavy atom. The molecular weight excluding hydrogens is 150 g/mol. The molecule has 1 aromatic heterocycles. The predicted octanol–water partition coefficient (Wildman–Crippen LogP) is 1.82. The van der Waals surface area contributed by atoms with E-state index >= 15 is 0 Å². The lowest BCUT2D eigenvalue weighted by molar-refractivity contribution is 0.786. The van der Waals surface area contributed by atoms with Gasteiger partial charge in [-0.05, 0) is 24.5 Å². The van der Waals surface area contributed by atoms with Crippen molar-refractivity contribution >= 4 is 0 Å². The highest BCUT2D eigenvalue weighted by Gasteiger charge is 2.02. The van der Waals surface area contributed by atoms with Crippen LogP contribution in [-0.4, -0.2) is 4.57 Å². The van der Waals surface area contributed by atoms with Crippen LogP contribution in [0.5, 0.6) is 0 Å². The fraction of sp³-hybridized carbons (Fsp3) is 0.500. The molecule has 0 amide bonds. The highest BCUT2D eigenvalue weighted by molar-refractivity contribution is 5.20. The number of aromatic nitrogens is 1. The van der Waals surface area contributed by atoms with Gasteiger partial charge in [0.05, 0.1) is 0 Å². The minimum Gasteiger partial charge on any atom is -0.318 e. The van der Waals surface area contributed by atoms with Crippen LogP contribution in [0.2, 0.25) is 0 Å². The highest BCUT2D eigenvalue weighted by Crippen LogP contribution is 2.12. The molecule has 0 aromatic carbocycles. The van der Waals surface area contributed by atoms with Gasteiger partial charge in [-0.2, -0.15) is 0 Å². The zero-order valence-electron chi connectivity index (χ0n) is 8.09. The molecule has 0 radical (unpaired) electrons. The van der Waals surface area contributed by atoms with Crippen LogP contribution in [0.15, 0.2) is 17.1 Å². The molecule has 0 aliphatic rings. The van der Waals surface area contributed by atoms with Gasteiger partial charge in [-0.25, -0.2) is 0 Å². The maximum absolute atomic E-state index is 11.3. The van der Waals surface area contributed by atoms with Gasteiger partial charge in [-0.15, -0.1) is 0 Å². The van der Waals surface area contributed by atoms with Gasteiger partial charge in [0.25, 0.3) is 5.56 Å². The predicted molar refractivity (Wildman–Crippen MR) is 50.5 cm³/mol. The Labute approximate surface area is 72.8 Å². The molecule has 12 heavy (non-hydrogen) atoms. The summed E-state index contributed by atoms with van der Waals surface area (Å²) >= 11 is 0. The average Bonchev–Trinajstić information content (AvgIpc) is 1.99. The molecule has 0 aliphatic carbocycles. The van der Waals surface area contributed by atoms with Gasteiger partial charge in [-0.3, -0.25) is 4.79 Å². The van der Waals surface area contributed by atoms with Crippen LogP contribution in [0, 0.1) is 6.92 Å². The standard InChI is InChI=1S/C10H15NO/c1-7(2)9-5-8(3)10(12)11(4)6-9/h5-7H,1-4H3. The summed E-state index contributed by atoms with van der Waals surface area (Å²) in [5.74, 6) is 0.482. The first-order chi connectivity index (χ1) is 5.52. The number of nitrogens with zero attached hydrogens (tertiary/aromatic N) is 1. The number of aryl methyl sites for hydroxylation is 2. The smallest absolute Gasteiger partial charge is 0.253 e. The normalized spacial score (nSPS) is 10.8. The molecule has 0 saturated carbocycles. The molecule has 1 aromatic rings. The van der Waals surface area contributed by atoms with Gasteiger partial charge in [0, 0.05) is 18.8 Å². The monoisotopic (exact) mass is 165 g/mol. The van der Waals surface area contributed by atoms with Crippen molar-refractivity contribution in [2.75, 3.05) is 0 Å². The summed E-state index contributed by atoms with van der Waals surface area (Å²) in [6, 6.07) is 1.97. The average molecular weight is 165 g/mol. The quantitative estimate of drug-likeness (QED) is 0.622. The molecule has 0 fully saturated rings. The largest absolute Gasteiger partial charge is 0.318 e. The number of rotatable bonds is 1. The van der Waals surface area contributed by atoms with Crippen molar-refractivity contribution in [3.05, 3.63) is 33.7 Å². The number of hydrogen-bond donors (Lipinski definition) is 0. The summed E-state index contributed by atoms with van der Waals surface area (Å²) in [5.41, 5.74) is 2.14. The second kappa shape index (κ2) is 3.13. The lowest BCUT2D eigenvalue weighted by Crippen LogP contribution is -2.19. The number of pyridine rings is 1. The Kier molecular flexibility index (Phi) is 2.36. The molecule has 0 atom stereocenters. The van der Waals surface area contributed by atoms with Gasteiger partial charge >= 0.3 is 0 Å². The summed E-state index contributed by atoms with van der Waals surface area (Å²) in [6.07, 6.45) is 1.90. The first kappa shape index (κ1) is 9.04. The fourth-order valence-corrected chi connectivity index (χ4v) is 1.23. The van der Waals surface area contributed by atoms with Gasteiger partial charge in [0.15, 0.2) is 0 Å². The molecule has 1 rings (SSSR count). The Bertz CT molecular complexity index is 310. The van der Waals surface area contributed by atoms with Gasteiger partial charge in [-0.1, -0.05) is 13.8 Å². The molecule has 0 N–H and O–H groups in total. The molecule has 2 nitrogen and oxygen atoms in total. The first-order valence-corrected chi connectivity index (χ1v) is 4.19. The molecule has 0 spiro atoms. The minimum absolute atomic E-state index is 0.0967. The maximum atomic E-state index is 11.3. The van der Waals surface area contributed by atoms with Crippen molar-refractivity contribution in [2.24, 2.45) is 7.05 Å². The Morgan fingerprint density at radius 3 is 2.42 bits per heavy atom. The van der Waals surface area contributed by atoms with E-state index < -0.39 is 0 Å². The third-order valence-electron chi connectivity index (χ3n) is 2.05. The maximum Gasteiger partial charge on any atom is 0.253 e. The zero-order valence-corrected chi connectivity index (χ0v) is 8.09. The summed E-state index contributed by atoms with van der Waals surface area (Å²) in [6.45, 7) is 6.10. The fourth-order valence-electron chi connectivity index (χ4n) is 1.23. The van der Waals surface area contributed by atoms with Crippen LogP contribution >= 0.6 is 0 Å². The lowest BCUT2D eigenvalue weighted by atomic mass is 10.0. The van der Waals surface area contributed by atoms with E-state index in [1.165, 1.54) is 5.56 Å². The Morgan fingerprint density at radius 2 is 2.00 bits per heavy atom. The summed E-state index contributed by atoms with van der Waals surface area (Å²) < 4.78 is 1.64. The molecule has 0 saturated heterocycles. The number of hydrogen-bond acceptors (Lipinski definition) is 1. The van der Waals surface area contributed by atoms with E-state index in [1.54, 1.807) is 11.6 Å². The summed E-state index contributed by atoms with van der Waals surface area (Å²) in [5, 5.41) is 0. The van der Waals surface area contributed by atoms with Crippen LogP contribution in [0.4, 0.5) is 0 Å². The van der Waals surface area contributed by atoms with Crippen LogP contribution in [0.3, 0.4) is 0 Å². The van der Waals surface area contributed by atoms with Crippen molar-refractivity contribution in [3.8, 4) is 0 Å². The van der Waals surface area contributed by atoms with E-state index in [9.17, 15) is 4.79 Å². The van der Waals surface area contributed by atoms with E-state index in [0.717, 1.165) is 5.56 Å². The molecule has 0 aliphatic heterocycles. The minimum atomic E-state index is 0.0967. The lowest BCUT2D eigenvalue weighted by Gasteiger charge is -2.08. The summed E-state index contributed by atoms with van der Waals surface area (Å²) in [7, 11) is 1.79. The zero-order chi connectivity index (χ0) is 9.30. The van der Waals surface area contributed by atoms with Crippen molar-refractivity contribution in [2.45, 2.75) is 26.7 Å². The van der Waals surface area contributed by atoms with Crippen molar-refractivity contribution in [1.29, 1.82) is 0 Å². The Hall–Kier alpha value is -1.05. The first-order valence-electron chi connectivity index (χ1n) is 4.19. The highest BCUT2D eigenvalue weighted by atomic mass is 16.1. The van der Waals surface area contributed by atoms with E-state index in [-0.39, 0.29) is 5.56 Å². The van der Waals surface area contributed by atoms with E-state index in [2.05, 4.69) is 13.8 Å².